The van der Waals surface area contributed by atoms with Crippen LogP contribution in [0.3, 0.4) is 0 Å². The zero-order valence-electron chi connectivity index (χ0n) is 10.7. The van der Waals surface area contributed by atoms with Crippen molar-refractivity contribution in [3.05, 3.63) is 11.6 Å². The Hall–Kier alpha value is -0.590. The van der Waals surface area contributed by atoms with Crippen LogP contribution < -0.4 is 0 Å². The van der Waals surface area contributed by atoms with E-state index in [1.807, 2.05) is 42.5 Å². The molecule has 0 spiro atoms. The molecule has 0 heterocycles. The smallest absolute Gasteiger partial charge is 0.333 e. The lowest BCUT2D eigenvalue weighted by molar-refractivity contribution is -0.157. The van der Waals surface area contributed by atoms with Crippen molar-refractivity contribution < 1.29 is 19.1 Å². The third-order valence-corrected chi connectivity index (χ3v) is 3.31. The molecule has 98 valence electrons. The fraction of sp³-hybridized carbons (Fsp3) is 0.667. The number of hydrogen-bond donors (Lipinski definition) is 0. The average molecular weight is 354 g/mol. The van der Waals surface area contributed by atoms with E-state index in [1.165, 1.54) is 0 Å². The van der Waals surface area contributed by atoms with Crippen LogP contribution in [0.1, 0.15) is 34.1 Å². The molecule has 0 saturated heterocycles. The molecule has 4 nitrogen and oxygen atoms in total. The Balaban J connectivity index is 4.98. The van der Waals surface area contributed by atoms with Gasteiger partial charge >= 0.3 is 11.9 Å². The first kappa shape index (κ1) is 16.4. The van der Waals surface area contributed by atoms with Gasteiger partial charge in [0.1, 0.15) is 0 Å². The summed E-state index contributed by atoms with van der Waals surface area (Å²) in [5.74, 6) is -1.09. The maximum atomic E-state index is 11.8. The van der Waals surface area contributed by atoms with Gasteiger partial charge in [-0.05, 0) is 27.7 Å². The Kier molecular flexibility index (Phi) is 7.41. The molecule has 0 aromatic rings. The normalized spacial score (nSPS) is 10.6. The third kappa shape index (κ3) is 5.06. The number of hydrogen-bond acceptors (Lipinski definition) is 4. The van der Waals surface area contributed by atoms with E-state index < -0.39 is 15.4 Å². The average Bonchev–Trinajstić information content (AvgIpc) is 2.26. The van der Waals surface area contributed by atoms with Gasteiger partial charge in [-0.2, -0.15) is 0 Å². The summed E-state index contributed by atoms with van der Waals surface area (Å²) in [5, 5.41) is 0. The van der Waals surface area contributed by atoms with E-state index in [9.17, 15) is 9.59 Å². The fourth-order valence-electron chi connectivity index (χ4n) is 1.09. The van der Waals surface area contributed by atoms with Crippen LogP contribution in [0.25, 0.3) is 0 Å². The molecule has 5 heteroatoms. The zero-order chi connectivity index (χ0) is 13.5. The second kappa shape index (κ2) is 7.68. The first-order chi connectivity index (χ1) is 7.88. The second-order valence-electron chi connectivity index (χ2n) is 3.73. The largest absolute Gasteiger partial charge is 0.465 e. The van der Waals surface area contributed by atoms with Crippen LogP contribution in [-0.2, 0) is 19.1 Å². The van der Waals surface area contributed by atoms with Crippen molar-refractivity contribution >= 4 is 34.5 Å². The summed E-state index contributed by atoms with van der Waals surface area (Å²) in [6, 6.07) is 0. The van der Waals surface area contributed by atoms with Gasteiger partial charge in [0, 0.05) is 6.42 Å². The highest BCUT2D eigenvalue weighted by atomic mass is 127. The number of halogens is 1. The zero-order valence-corrected chi connectivity index (χ0v) is 12.9. The topological polar surface area (TPSA) is 52.6 Å². The lowest BCUT2D eigenvalue weighted by Crippen LogP contribution is -2.43. The second-order valence-corrected chi connectivity index (χ2v) is 5.57. The number of ether oxygens (including phenoxy) is 2. The van der Waals surface area contributed by atoms with Crippen molar-refractivity contribution in [2.75, 3.05) is 13.2 Å². The number of rotatable bonds is 6. The van der Waals surface area contributed by atoms with Gasteiger partial charge in [0.25, 0.3) is 0 Å². The van der Waals surface area contributed by atoms with Gasteiger partial charge in [-0.25, -0.2) is 9.59 Å². The summed E-state index contributed by atoms with van der Waals surface area (Å²) in [4.78, 5) is 23.7. The molecular formula is C12H19IO4. The van der Waals surface area contributed by atoms with Crippen LogP contribution in [0.5, 0.6) is 0 Å². The summed E-state index contributed by atoms with van der Waals surface area (Å²) in [6.45, 7) is 7.73. The predicted molar refractivity (Wildman–Crippen MR) is 74.1 cm³/mol. The van der Waals surface area contributed by atoms with E-state index in [1.54, 1.807) is 13.8 Å². The van der Waals surface area contributed by atoms with Crippen LogP contribution in [0, 0.1) is 0 Å². The molecule has 0 fully saturated rings. The van der Waals surface area contributed by atoms with E-state index in [4.69, 9.17) is 9.47 Å². The summed E-state index contributed by atoms with van der Waals surface area (Å²) in [7, 11) is 0. The molecule has 0 unspecified atom stereocenters. The highest BCUT2D eigenvalue weighted by Gasteiger charge is 2.45. The van der Waals surface area contributed by atoms with Crippen molar-refractivity contribution in [1.29, 1.82) is 0 Å². The molecule has 0 amide bonds. The highest BCUT2D eigenvalue weighted by Crippen LogP contribution is 2.28. The number of carbonyl (C=O) groups excluding carboxylic acids is 2. The van der Waals surface area contributed by atoms with Gasteiger partial charge in [0.2, 0.25) is 3.42 Å². The number of alkyl halides is 1. The predicted octanol–water partition coefficient (Wildman–Crippen LogP) is 2.64. The summed E-state index contributed by atoms with van der Waals surface area (Å²) in [6.07, 6.45) is 2.12. The van der Waals surface area contributed by atoms with Gasteiger partial charge in [0.05, 0.1) is 13.2 Å². The summed E-state index contributed by atoms with van der Waals surface area (Å²) < 4.78 is 8.58. The Morgan fingerprint density at radius 3 is 1.82 bits per heavy atom. The van der Waals surface area contributed by atoms with Crippen molar-refractivity contribution in [2.24, 2.45) is 0 Å². The third-order valence-electron chi connectivity index (χ3n) is 1.99. The standard InChI is InChI=1S/C12H19IO4/c1-5-16-10(14)12(13,8-7-9(3)4)11(15)17-6-2/h7H,5-6,8H2,1-4H3. The van der Waals surface area contributed by atoms with Gasteiger partial charge < -0.3 is 9.47 Å². The minimum Gasteiger partial charge on any atom is -0.465 e. The molecular weight excluding hydrogens is 335 g/mol. The Bertz CT molecular complexity index is 288. The Labute approximate surface area is 116 Å². The van der Waals surface area contributed by atoms with E-state index in [0.29, 0.717) is 0 Å². The lowest BCUT2D eigenvalue weighted by Gasteiger charge is -2.21. The van der Waals surface area contributed by atoms with Gasteiger partial charge in [0.15, 0.2) is 0 Å². The number of esters is 2. The van der Waals surface area contributed by atoms with Crippen LogP contribution in [-0.4, -0.2) is 28.6 Å². The first-order valence-corrected chi connectivity index (χ1v) is 6.63. The molecule has 0 aromatic heterocycles. The van der Waals surface area contributed by atoms with Crippen molar-refractivity contribution in [3.63, 3.8) is 0 Å². The number of allylic oxidation sites excluding steroid dienone is 2. The first-order valence-electron chi connectivity index (χ1n) is 5.55. The van der Waals surface area contributed by atoms with Crippen LogP contribution in [0.15, 0.2) is 11.6 Å². The summed E-state index contributed by atoms with van der Waals surface area (Å²) >= 11 is 1.81. The highest BCUT2D eigenvalue weighted by molar-refractivity contribution is 14.1. The van der Waals surface area contributed by atoms with Crippen molar-refractivity contribution in [3.8, 4) is 0 Å². The minimum atomic E-state index is -1.28. The molecule has 0 aliphatic carbocycles. The number of carbonyl (C=O) groups is 2. The van der Waals surface area contributed by atoms with Crippen molar-refractivity contribution in [2.45, 2.75) is 37.5 Å². The molecule has 0 rings (SSSR count). The maximum absolute atomic E-state index is 11.8. The van der Waals surface area contributed by atoms with Gasteiger partial charge in [-0.1, -0.05) is 34.2 Å². The van der Waals surface area contributed by atoms with Crippen LogP contribution >= 0.6 is 22.6 Å². The van der Waals surface area contributed by atoms with E-state index in [-0.39, 0.29) is 19.6 Å². The Morgan fingerprint density at radius 1 is 1.12 bits per heavy atom. The summed E-state index contributed by atoms with van der Waals surface area (Å²) in [5.41, 5.74) is 1.04. The van der Waals surface area contributed by atoms with Gasteiger partial charge in [-0.3, -0.25) is 0 Å². The van der Waals surface area contributed by atoms with E-state index in [2.05, 4.69) is 0 Å². The van der Waals surface area contributed by atoms with Crippen LogP contribution in [0.4, 0.5) is 0 Å². The Morgan fingerprint density at radius 2 is 1.53 bits per heavy atom. The molecule has 0 aliphatic rings. The molecule has 17 heavy (non-hydrogen) atoms. The monoisotopic (exact) mass is 354 g/mol. The van der Waals surface area contributed by atoms with Gasteiger partial charge in [-0.15, -0.1) is 0 Å². The molecule has 0 aromatic carbocycles. The maximum Gasteiger partial charge on any atom is 0.333 e. The van der Waals surface area contributed by atoms with Crippen LogP contribution in [0.2, 0.25) is 0 Å². The molecule has 0 atom stereocenters. The fourth-order valence-corrected chi connectivity index (χ4v) is 1.62. The molecule has 0 aliphatic heterocycles. The van der Waals surface area contributed by atoms with Crippen molar-refractivity contribution in [1.82, 2.24) is 0 Å². The molecule has 0 bridgehead atoms. The SMILES string of the molecule is CCOC(=O)C(I)(CC=C(C)C)C(=O)OCC. The molecule has 0 radical (unpaired) electrons. The quantitative estimate of drug-likeness (QED) is 0.242. The van der Waals surface area contributed by atoms with E-state index >= 15 is 0 Å². The van der Waals surface area contributed by atoms with E-state index in [0.717, 1.165) is 5.57 Å². The molecule has 0 N–H and O–H groups in total. The molecule has 0 saturated carbocycles. The minimum absolute atomic E-state index is 0.248. The lowest BCUT2D eigenvalue weighted by atomic mass is 10.0.